The van der Waals surface area contributed by atoms with Gasteiger partial charge in [0.2, 0.25) is 5.95 Å². The van der Waals surface area contributed by atoms with E-state index in [1.807, 2.05) is 36.7 Å². The molecule has 0 atom stereocenters. The Morgan fingerprint density at radius 2 is 1.78 bits per heavy atom. The van der Waals surface area contributed by atoms with Crippen molar-refractivity contribution in [3.8, 4) is 11.3 Å². The molecule has 138 valence electrons. The van der Waals surface area contributed by atoms with Crippen LogP contribution in [-0.2, 0) is 6.54 Å². The van der Waals surface area contributed by atoms with Crippen LogP contribution in [0.15, 0.2) is 48.9 Å². The lowest BCUT2D eigenvalue weighted by Gasteiger charge is -2.15. The largest absolute Gasteiger partial charge is 0.368 e. The molecule has 2 N–H and O–H groups in total. The second-order valence-corrected chi connectivity index (χ2v) is 6.76. The number of imidazole rings is 1. The maximum absolute atomic E-state index is 5.70. The molecule has 4 rings (SSSR count). The van der Waals surface area contributed by atoms with Crippen LogP contribution < -0.4 is 5.73 Å². The minimum atomic E-state index is 0.281. The van der Waals surface area contributed by atoms with Crippen molar-refractivity contribution in [1.29, 1.82) is 0 Å². The summed E-state index contributed by atoms with van der Waals surface area (Å²) in [4.78, 5) is 15.4. The fraction of sp³-hybridized carbons (Fsp3) is 0.286. The van der Waals surface area contributed by atoms with E-state index in [1.54, 1.807) is 6.20 Å². The van der Waals surface area contributed by atoms with Gasteiger partial charge in [-0.05, 0) is 44.1 Å². The van der Waals surface area contributed by atoms with E-state index in [0.29, 0.717) is 0 Å². The number of nitrogens with two attached hydrogens (primary N) is 1. The molecule has 3 aromatic rings. The topological polar surface area (TPSA) is 72.9 Å². The van der Waals surface area contributed by atoms with Crippen molar-refractivity contribution in [2.45, 2.75) is 19.4 Å². The molecular formula is C21H24N6. The quantitative estimate of drug-likeness (QED) is 0.731. The number of benzene rings is 1. The van der Waals surface area contributed by atoms with Crippen molar-refractivity contribution in [3.63, 3.8) is 0 Å². The fourth-order valence-corrected chi connectivity index (χ4v) is 3.46. The molecule has 0 unspecified atom stereocenters. The number of hydrogen-bond donors (Lipinski definition) is 1. The van der Waals surface area contributed by atoms with Crippen molar-refractivity contribution < 1.29 is 0 Å². The first-order chi connectivity index (χ1) is 13.3. The van der Waals surface area contributed by atoms with Crippen molar-refractivity contribution in [2.75, 3.05) is 25.4 Å². The molecule has 0 amide bonds. The van der Waals surface area contributed by atoms with Crippen molar-refractivity contribution >= 4 is 18.1 Å². The molecule has 2 aromatic heterocycles. The standard InChI is InChI=1S/C21H24N6/c22-21-23-11-10-18(25-21)8-9-19-20(17-6-2-1-3-7-17)24-16-27(19)15-14-26-12-4-5-13-26/h1-3,6-11,16H,4-5,12-15H2,(H2,22,23,25). The normalized spacial score (nSPS) is 15.0. The Kier molecular flexibility index (Phi) is 5.25. The smallest absolute Gasteiger partial charge is 0.220 e. The Hall–Kier alpha value is -2.99. The lowest BCUT2D eigenvalue weighted by molar-refractivity contribution is 0.322. The Morgan fingerprint density at radius 1 is 0.963 bits per heavy atom. The van der Waals surface area contributed by atoms with Gasteiger partial charge in [-0.15, -0.1) is 0 Å². The average molecular weight is 360 g/mol. The number of aromatic nitrogens is 4. The maximum Gasteiger partial charge on any atom is 0.220 e. The molecule has 27 heavy (non-hydrogen) atoms. The van der Waals surface area contributed by atoms with Gasteiger partial charge in [0, 0.05) is 24.8 Å². The highest BCUT2D eigenvalue weighted by atomic mass is 15.2. The molecule has 1 aliphatic heterocycles. The number of anilines is 1. The van der Waals surface area contributed by atoms with E-state index >= 15 is 0 Å². The van der Waals surface area contributed by atoms with E-state index in [0.717, 1.165) is 35.7 Å². The summed E-state index contributed by atoms with van der Waals surface area (Å²) in [6.45, 7) is 4.37. The number of hydrogen-bond acceptors (Lipinski definition) is 5. The maximum atomic E-state index is 5.70. The van der Waals surface area contributed by atoms with Gasteiger partial charge in [0.1, 0.15) is 0 Å². The Bertz CT molecular complexity index is 909. The van der Waals surface area contributed by atoms with Crippen LogP contribution in [0.4, 0.5) is 5.95 Å². The minimum Gasteiger partial charge on any atom is -0.368 e. The molecule has 6 heteroatoms. The average Bonchev–Trinajstić information content (AvgIpc) is 3.35. The summed E-state index contributed by atoms with van der Waals surface area (Å²) >= 11 is 0. The molecule has 1 aromatic carbocycles. The molecule has 0 aliphatic carbocycles. The molecule has 3 heterocycles. The third-order valence-electron chi connectivity index (χ3n) is 4.89. The van der Waals surface area contributed by atoms with Crippen LogP contribution >= 0.6 is 0 Å². The Morgan fingerprint density at radius 3 is 2.56 bits per heavy atom. The minimum absolute atomic E-state index is 0.281. The number of rotatable bonds is 6. The van der Waals surface area contributed by atoms with Crippen LogP contribution in [0.25, 0.3) is 23.4 Å². The zero-order valence-corrected chi connectivity index (χ0v) is 15.3. The highest BCUT2D eigenvalue weighted by Gasteiger charge is 2.14. The second-order valence-electron chi connectivity index (χ2n) is 6.76. The Labute approximate surface area is 159 Å². The summed E-state index contributed by atoms with van der Waals surface area (Å²) < 4.78 is 2.22. The van der Waals surface area contributed by atoms with E-state index in [1.165, 1.54) is 25.9 Å². The molecule has 0 radical (unpaired) electrons. The highest BCUT2D eigenvalue weighted by Crippen LogP contribution is 2.24. The highest BCUT2D eigenvalue weighted by molar-refractivity contribution is 5.76. The zero-order valence-electron chi connectivity index (χ0n) is 15.3. The molecule has 1 fully saturated rings. The molecule has 1 aliphatic rings. The van der Waals surface area contributed by atoms with E-state index in [2.05, 4.69) is 37.6 Å². The van der Waals surface area contributed by atoms with Gasteiger partial charge in [-0.1, -0.05) is 30.3 Å². The summed E-state index contributed by atoms with van der Waals surface area (Å²) in [5, 5.41) is 0. The summed E-state index contributed by atoms with van der Waals surface area (Å²) in [5.74, 6) is 0.281. The van der Waals surface area contributed by atoms with E-state index in [-0.39, 0.29) is 5.95 Å². The van der Waals surface area contributed by atoms with Crippen molar-refractivity contribution in [1.82, 2.24) is 24.4 Å². The third kappa shape index (κ3) is 4.23. The van der Waals surface area contributed by atoms with E-state index in [9.17, 15) is 0 Å². The number of nitrogens with zero attached hydrogens (tertiary/aromatic N) is 5. The summed E-state index contributed by atoms with van der Waals surface area (Å²) in [7, 11) is 0. The van der Waals surface area contributed by atoms with Gasteiger partial charge in [-0.2, -0.15) is 0 Å². The van der Waals surface area contributed by atoms with Crippen LogP contribution in [0.3, 0.4) is 0 Å². The summed E-state index contributed by atoms with van der Waals surface area (Å²) in [6.07, 6.45) is 10.3. The monoisotopic (exact) mass is 360 g/mol. The van der Waals surface area contributed by atoms with Gasteiger partial charge in [0.15, 0.2) is 0 Å². The second kappa shape index (κ2) is 8.14. The van der Waals surface area contributed by atoms with Crippen LogP contribution in [-0.4, -0.2) is 44.1 Å². The Balaban J connectivity index is 1.63. The zero-order chi connectivity index (χ0) is 18.5. The fourth-order valence-electron chi connectivity index (χ4n) is 3.46. The van der Waals surface area contributed by atoms with Crippen LogP contribution in [0.5, 0.6) is 0 Å². The predicted molar refractivity (Wildman–Crippen MR) is 109 cm³/mol. The molecule has 0 spiro atoms. The number of nitrogen functional groups attached to an aromatic ring is 1. The summed E-state index contributed by atoms with van der Waals surface area (Å²) in [6, 6.07) is 12.1. The van der Waals surface area contributed by atoms with Gasteiger partial charge >= 0.3 is 0 Å². The van der Waals surface area contributed by atoms with Crippen LogP contribution in [0, 0.1) is 0 Å². The van der Waals surface area contributed by atoms with Crippen molar-refractivity contribution in [2.24, 2.45) is 0 Å². The first-order valence-electron chi connectivity index (χ1n) is 9.39. The van der Waals surface area contributed by atoms with Gasteiger partial charge in [-0.25, -0.2) is 15.0 Å². The lowest BCUT2D eigenvalue weighted by atomic mass is 10.1. The first-order valence-corrected chi connectivity index (χ1v) is 9.39. The van der Waals surface area contributed by atoms with E-state index in [4.69, 9.17) is 10.7 Å². The number of likely N-dealkylation sites (tertiary alicyclic amines) is 1. The predicted octanol–water partition coefficient (Wildman–Crippen LogP) is 3.19. The van der Waals surface area contributed by atoms with Crippen LogP contribution in [0.1, 0.15) is 24.2 Å². The molecular weight excluding hydrogens is 336 g/mol. The van der Waals surface area contributed by atoms with Crippen LogP contribution in [0.2, 0.25) is 0 Å². The molecule has 1 saturated heterocycles. The molecule has 0 saturated carbocycles. The summed E-state index contributed by atoms with van der Waals surface area (Å²) in [5.41, 5.74) is 9.66. The third-order valence-corrected chi connectivity index (χ3v) is 4.89. The molecule has 0 bridgehead atoms. The van der Waals surface area contributed by atoms with E-state index < -0.39 is 0 Å². The van der Waals surface area contributed by atoms with Gasteiger partial charge in [-0.3, -0.25) is 0 Å². The van der Waals surface area contributed by atoms with Gasteiger partial charge in [0.25, 0.3) is 0 Å². The van der Waals surface area contributed by atoms with Gasteiger partial charge < -0.3 is 15.2 Å². The molecule has 6 nitrogen and oxygen atoms in total. The first kappa shape index (κ1) is 17.4. The van der Waals surface area contributed by atoms with Gasteiger partial charge in [0.05, 0.1) is 23.4 Å². The SMILES string of the molecule is Nc1nccc(C=Cc2c(-c3ccccc3)ncn2CCN2CCCC2)n1. The van der Waals surface area contributed by atoms with Crippen molar-refractivity contribution in [3.05, 3.63) is 60.3 Å². The lowest BCUT2D eigenvalue weighted by Crippen LogP contribution is -2.24.